The monoisotopic (exact) mass is 752 g/mol. The molecule has 0 aliphatic rings. The number of unbranched alkanes of at least 4 members (excludes halogenated alkanes) is 4. The number of rotatable bonds is 19. The van der Waals surface area contributed by atoms with E-state index in [1.807, 2.05) is 42.5 Å². The second kappa shape index (κ2) is 25.5. The van der Waals surface area contributed by atoms with Gasteiger partial charge in [0.25, 0.3) is 11.8 Å². The Morgan fingerprint density at radius 3 is 1.72 bits per heavy atom. The molecule has 4 aromatic rings. The number of hydrogen-bond donors (Lipinski definition) is 0. The fourth-order valence-corrected chi connectivity index (χ4v) is 6.21. The Balaban J connectivity index is 0.000000283. The van der Waals surface area contributed by atoms with Crippen molar-refractivity contribution in [3.63, 3.8) is 0 Å². The third-order valence-electron chi connectivity index (χ3n) is 7.55. The van der Waals surface area contributed by atoms with Gasteiger partial charge >= 0.3 is 7.60 Å². The standard InChI is InChI=1S/C17H21N3O2.C13H14N2O.C8H18NO5P/c1-20(22-2)16(21)10-6-4-3-5-9-15-12-11-14-8-7-13-18-17(14)19-15;16-10-3-1-2-6-12-8-7-11-5-4-9-14-13(11)15-12;1-5-13-15(11,14-6-2)7-8(10)9(3)12-4/h6-8,10-13H,3-5,9H2,1-2H3;4-5,7-10H,1-3,6H2;5-7H2,1-4H3/b10-6+;;. The molecule has 15 heteroatoms. The first-order chi connectivity index (χ1) is 25.6. The molecule has 0 bridgehead atoms. The number of allylic oxidation sites excluding steroid dienone is 1. The smallest absolute Gasteiger partial charge is 0.309 e. The molecule has 0 aliphatic heterocycles. The number of hydroxylamine groups is 4. The van der Waals surface area contributed by atoms with Gasteiger partial charge in [-0.05, 0) is 107 Å². The predicted molar refractivity (Wildman–Crippen MR) is 205 cm³/mol. The largest absolute Gasteiger partial charge is 0.340 e. The summed E-state index contributed by atoms with van der Waals surface area (Å²) in [4.78, 5) is 60.0. The summed E-state index contributed by atoms with van der Waals surface area (Å²) >= 11 is 0. The van der Waals surface area contributed by atoms with Gasteiger partial charge in [-0.25, -0.2) is 30.1 Å². The van der Waals surface area contributed by atoms with E-state index in [1.54, 1.807) is 39.4 Å². The van der Waals surface area contributed by atoms with Crippen LogP contribution in [0.15, 0.2) is 73.1 Å². The predicted octanol–water partition coefficient (Wildman–Crippen LogP) is 6.73. The topological polar surface area (TPSA) is 163 Å². The Morgan fingerprint density at radius 1 is 0.736 bits per heavy atom. The molecule has 4 aromatic heterocycles. The number of aromatic nitrogens is 4. The van der Waals surface area contributed by atoms with Crippen LogP contribution >= 0.6 is 7.60 Å². The van der Waals surface area contributed by atoms with Gasteiger partial charge in [0.1, 0.15) is 12.4 Å². The Hall–Kier alpha value is -4.46. The molecular formula is C38H53N6O8P. The molecular weight excluding hydrogens is 699 g/mol. The Labute approximate surface area is 312 Å². The zero-order valence-corrected chi connectivity index (χ0v) is 32.6. The molecule has 0 aliphatic carbocycles. The number of carbonyl (C=O) groups is 3. The minimum Gasteiger partial charge on any atom is -0.309 e. The quantitative estimate of drug-likeness (QED) is 0.0327. The lowest BCUT2D eigenvalue weighted by Gasteiger charge is -2.19. The average molecular weight is 753 g/mol. The summed E-state index contributed by atoms with van der Waals surface area (Å²) in [5.41, 5.74) is 3.71. The van der Waals surface area contributed by atoms with Crippen molar-refractivity contribution in [2.75, 3.05) is 47.7 Å². The molecule has 0 spiro atoms. The Morgan fingerprint density at radius 2 is 1.25 bits per heavy atom. The van der Waals surface area contributed by atoms with Crippen LogP contribution in [0.25, 0.3) is 22.1 Å². The highest BCUT2D eigenvalue weighted by molar-refractivity contribution is 7.54. The van der Waals surface area contributed by atoms with Gasteiger partial charge in [-0.3, -0.25) is 23.8 Å². The van der Waals surface area contributed by atoms with Crippen molar-refractivity contribution in [2.24, 2.45) is 0 Å². The Kier molecular flexibility index (Phi) is 21.5. The highest BCUT2D eigenvalue weighted by Crippen LogP contribution is 2.47. The molecule has 4 rings (SSSR count). The van der Waals surface area contributed by atoms with Gasteiger partial charge in [0.15, 0.2) is 11.3 Å². The van der Waals surface area contributed by atoms with Crippen LogP contribution in [0.1, 0.15) is 63.8 Å². The zero-order chi connectivity index (χ0) is 38.9. The number of pyridine rings is 4. The van der Waals surface area contributed by atoms with Crippen molar-refractivity contribution in [3.05, 3.63) is 84.5 Å². The highest BCUT2D eigenvalue weighted by atomic mass is 31.2. The van der Waals surface area contributed by atoms with Crippen LogP contribution < -0.4 is 0 Å². The maximum Gasteiger partial charge on any atom is 0.340 e. The first-order valence-corrected chi connectivity index (χ1v) is 19.3. The van der Waals surface area contributed by atoms with E-state index in [2.05, 4.69) is 36.9 Å². The van der Waals surface area contributed by atoms with Crippen LogP contribution in [0.2, 0.25) is 0 Å². The molecule has 14 nitrogen and oxygen atoms in total. The van der Waals surface area contributed by atoms with Crippen molar-refractivity contribution in [1.29, 1.82) is 0 Å². The van der Waals surface area contributed by atoms with Gasteiger partial charge < -0.3 is 13.8 Å². The first kappa shape index (κ1) is 44.7. The number of aryl methyl sites for hydroxylation is 2. The third-order valence-corrected chi connectivity index (χ3v) is 9.51. The number of nitrogens with zero attached hydrogens (tertiary/aromatic N) is 6. The minimum atomic E-state index is -3.31. The van der Waals surface area contributed by atoms with E-state index in [0.717, 1.165) is 89.7 Å². The molecule has 0 saturated heterocycles. The van der Waals surface area contributed by atoms with Gasteiger partial charge in [-0.15, -0.1) is 0 Å². The summed E-state index contributed by atoms with van der Waals surface area (Å²) in [5, 5.41) is 4.32. The van der Waals surface area contributed by atoms with Crippen LogP contribution in [0.5, 0.6) is 0 Å². The summed E-state index contributed by atoms with van der Waals surface area (Å²) in [7, 11) is 2.53. The third kappa shape index (κ3) is 17.3. The fourth-order valence-electron chi connectivity index (χ4n) is 4.63. The molecule has 4 heterocycles. The molecule has 288 valence electrons. The first-order valence-electron chi connectivity index (χ1n) is 17.6. The van der Waals surface area contributed by atoms with Gasteiger partial charge in [-0.2, -0.15) is 0 Å². The summed E-state index contributed by atoms with van der Waals surface area (Å²) in [6.07, 6.45) is 14.9. The number of likely N-dealkylation sites (N-methyl/N-ethyl adjacent to an activating group) is 1. The summed E-state index contributed by atoms with van der Waals surface area (Å²) in [5.74, 6) is -0.590. The lowest BCUT2D eigenvalue weighted by atomic mass is 10.1. The summed E-state index contributed by atoms with van der Waals surface area (Å²) in [6, 6.07) is 16.0. The number of amides is 2. The molecule has 0 aromatic carbocycles. The van der Waals surface area contributed by atoms with Crippen LogP contribution in [0.3, 0.4) is 0 Å². The maximum atomic E-state index is 11.9. The SMILES string of the molecule is CCOP(=O)(CC(=O)N(C)OC)OCC.CON(C)C(=O)/C=C/CCCCc1ccc2cccnc2n1.O=CCCCCc1ccc2cccnc2n1. The van der Waals surface area contributed by atoms with Crippen molar-refractivity contribution >= 4 is 47.8 Å². The second-order valence-corrected chi connectivity index (χ2v) is 13.5. The fraction of sp³-hybridized carbons (Fsp3) is 0.447. The lowest BCUT2D eigenvalue weighted by Crippen LogP contribution is -2.28. The van der Waals surface area contributed by atoms with E-state index in [9.17, 15) is 18.9 Å². The maximum absolute atomic E-state index is 11.9. The van der Waals surface area contributed by atoms with Crippen molar-refractivity contribution in [3.8, 4) is 0 Å². The number of aldehydes is 1. The van der Waals surface area contributed by atoms with Gasteiger partial charge in [0, 0.05) is 61.1 Å². The van der Waals surface area contributed by atoms with Crippen molar-refractivity contribution < 1.29 is 37.7 Å². The van der Waals surface area contributed by atoms with E-state index >= 15 is 0 Å². The van der Waals surface area contributed by atoms with Gasteiger partial charge in [-0.1, -0.05) is 6.08 Å². The molecule has 0 saturated carbocycles. The van der Waals surface area contributed by atoms with Gasteiger partial charge in [0.05, 0.1) is 27.4 Å². The molecule has 0 atom stereocenters. The van der Waals surface area contributed by atoms with Crippen LogP contribution in [0, 0.1) is 0 Å². The zero-order valence-electron chi connectivity index (χ0n) is 31.7. The molecule has 0 N–H and O–H groups in total. The second-order valence-electron chi connectivity index (χ2n) is 11.5. The Bertz CT molecular complexity index is 1770. The van der Waals surface area contributed by atoms with Crippen LogP contribution in [0.4, 0.5) is 0 Å². The van der Waals surface area contributed by atoms with Crippen LogP contribution in [-0.2, 0) is 50.5 Å². The summed E-state index contributed by atoms with van der Waals surface area (Å²) < 4.78 is 21.8. The van der Waals surface area contributed by atoms with E-state index in [0.29, 0.717) is 6.42 Å². The van der Waals surface area contributed by atoms with E-state index in [-0.39, 0.29) is 25.3 Å². The van der Waals surface area contributed by atoms with Crippen molar-refractivity contribution in [2.45, 2.75) is 65.2 Å². The molecule has 53 heavy (non-hydrogen) atoms. The highest BCUT2D eigenvalue weighted by Gasteiger charge is 2.29. The number of fused-ring (bicyclic) bond motifs is 2. The number of carbonyl (C=O) groups excluding carboxylic acids is 3. The molecule has 0 radical (unpaired) electrons. The number of hydrogen-bond acceptors (Lipinski definition) is 12. The summed E-state index contributed by atoms with van der Waals surface area (Å²) in [6.45, 7) is 3.86. The van der Waals surface area contributed by atoms with E-state index < -0.39 is 13.5 Å². The molecule has 2 amide bonds. The molecule has 0 unspecified atom stereocenters. The lowest BCUT2D eigenvalue weighted by molar-refractivity contribution is -0.165. The van der Waals surface area contributed by atoms with Gasteiger partial charge in [0.2, 0.25) is 0 Å². The minimum absolute atomic E-state index is 0.148. The van der Waals surface area contributed by atoms with Crippen LogP contribution in [-0.4, -0.2) is 95.9 Å². The van der Waals surface area contributed by atoms with E-state index in [1.165, 1.54) is 26.3 Å². The van der Waals surface area contributed by atoms with E-state index in [4.69, 9.17) is 13.9 Å². The average Bonchev–Trinajstić information content (AvgIpc) is 3.17. The normalized spacial score (nSPS) is 11.1. The molecule has 0 fully saturated rings. The van der Waals surface area contributed by atoms with Crippen molar-refractivity contribution in [1.82, 2.24) is 30.1 Å².